The summed E-state index contributed by atoms with van der Waals surface area (Å²) in [6.07, 6.45) is 0.0411. The van der Waals surface area contributed by atoms with E-state index in [2.05, 4.69) is 20.4 Å². The first kappa shape index (κ1) is 20.3. The lowest BCUT2D eigenvalue weighted by atomic mass is 10.1. The maximum atomic E-state index is 12.4. The van der Waals surface area contributed by atoms with Crippen LogP contribution < -0.4 is 10.6 Å². The molecule has 1 aromatic carbocycles. The number of nitrogens with one attached hydrogen (secondary N) is 2. The van der Waals surface area contributed by atoms with Crippen LogP contribution in [0.3, 0.4) is 0 Å². The number of carbonyl (C=O) groups is 3. The Labute approximate surface area is 170 Å². The van der Waals surface area contributed by atoms with Crippen molar-refractivity contribution in [3.63, 3.8) is 0 Å². The van der Waals surface area contributed by atoms with Crippen LogP contribution in [0.25, 0.3) is 10.8 Å². The van der Waals surface area contributed by atoms with Crippen LogP contribution in [-0.2, 0) is 20.7 Å². The van der Waals surface area contributed by atoms with E-state index in [4.69, 9.17) is 4.42 Å². The minimum atomic E-state index is -0.548. The maximum Gasteiger partial charge on any atom is 0.325 e. The molecule has 9 heteroatoms. The Balaban J connectivity index is 1.62. The van der Waals surface area contributed by atoms with E-state index in [-0.39, 0.29) is 18.9 Å². The average Bonchev–Trinajstić information content (AvgIpc) is 3.36. The minimum absolute atomic E-state index is 0.0411. The predicted molar refractivity (Wildman–Crippen MR) is 108 cm³/mol. The van der Waals surface area contributed by atoms with E-state index in [1.54, 1.807) is 25.1 Å². The summed E-state index contributed by atoms with van der Waals surface area (Å²) in [5.41, 5.74) is 1.32. The zero-order valence-electron chi connectivity index (χ0n) is 15.9. The van der Waals surface area contributed by atoms with E-state index < -0.39 is 11.9 Å². The molecule has 0 spiro atoms. The molecule has 0 unspecified atom stereocenters. The minimum Gasteiger partial charge on any atom is -0.468 e. The molecular weight excluding hydrogens is 394 g/mol. The number of ether oxygens (including phenoxy) is 1. The number of esters is 1. The molecule has 29 heavy (non-hydrogen) atoms. The monoisotopic (exact) mass is 413 g/mol. The number of aromatic nitrogens is 1. The van der Waals surface area contributed by atoms with Crippen molar-refractivity contribution in [2.75, 3.05) is 19.0 Å². The number of methoxy groups -OCH3 is 1. The molecule has 0 saturated carbocycles. The zero-order valence-corrected chi connectivity index (χ0v) is 16.7. The lowest BCUT2D eigenvalue weighted by molar-refractivity contribution is -0.139. The first-order chi connectivity index (χ1) is 14.0. The highest BCUT2D eigenvalue weighted by atomic mass is 32.1. The van der Waals surface area contributed by atoms with Crippen LogP contribution in [0, 0.1) is 6.92 Å². The van der Waals surface area contributed by atoms with Crippen molar-refractivity contribution in [1.29, 1.82) is 0 Å². The van der Waals surface area contributed by atoms with E-state index in [0.29, 0.717) is 28.6 Å². The lowest BCUT2D eigenvalue weighted by Crippen LogP contribution is -2.30. The highest BCUT2D eigenvalue weighted by Crippen LogP contribution is 2.26. The number of thiophene rings is 1. The normalized spacial score (nSPS) is 10.4. The molecule has 0 bridgehead atoms. The number of hydrogen-bond acceptors (Lipinski definition) is 7. The standard InChI is InChI=1S/C20H19N3O5S/c1-12-15(23-20(28-12)16-7-4-8-29-16)10-17(24)22-14-6-3-5-13(9-14)19(26)21-11-18(25)27-2/h3-9H,10-11H2,1-2H3,(H,21,26)(H,22,24). The second-order valence-electron chi connectivity index (χ2n) is 6.06. The summed E-state index contributed by atoms with van der Waals surface area (Å²) in [5.74, 6) is -0.206. The molecule has 3 rings (SSSR count). The van der Waals surface area contributed by atoms with Gasteiger partial charge in [-0.2, -0.15) is 0 Å². The number of amides is 2. The molecule has 3 aromatic rings. The number of aryl methyl sites for hydroxylation is 1. The molecule has 0 saturated heterocycles. The Morgan fingerprint density at radius 3 is 2.76 bits per heavy atom. The highest BCUT2D eigenvalue weighted by Gasteiger charge is 2.16. The number of oxazole rings is 1. The zero-order chi connectivity index (χ0) is 20.8. The Bertz CT molecular complexity index is 1030. The summed E-state index contributed by atoms with van der Waals surface area (Å²) in [4.78, 5) is 40.9. The first-order valence-corrected chi connectivity index (χ1v) is 9.59. The van der Waals surface area contributed by atoms with Gasteiger partial charge in [0, 0.05) is 11.3 Å². The van der Waals surface area contributed by atoms with E-state index >= 15 is 0 Å². The van der Waals surface area contributed by atoms with Crippen molar-refractivity contribution in [1.82, 2.24) is 10.3 Å². The van der Waals surface area contributed by atoms with Crippen molar-refractivity contribution in [3.8, 4) is 10.8 Å². The molecule has 0 fully saturated rings. The Morgan fingerprint density at radius 1 is 1.21 bits per heavy atom. The van der Waals surface area contributed by atoms with Crippen LogP contribution in [0.1, 0.15) is 21.8 Å². The van der Waals surface area contributed by atoms with Crippen LogP contribution in [0.15, 0.2) is 46.2 Å². The molecule has 0 radical (unpaired) electrons. The fourth-order valence-corrected chi connectivity index (χ4v) is 3.17. The largest absolute Gasteiger partial charge is 0.468 e. The number of anilines is 1. The van der Waals surface area contributed by atoms with Gasteiger partial charge in [-0.15, -0.1) is 11.3 Å². The number of benzene rings is 1. The fraction of sp³-hybridized carbons (Fsp3) is 0.200. The quantitative estimate of drug-likeness (QED) is 0.576. The average molecular weight is 413 g/mol. The second kappa shape index (κ2) is 9.16. The molecule has 0 atom stereocenters. The summed E-state index contributed by atoms with van der Waals surface area (Å²) in [7, 11) is 1.24. The summed E-state index contributed by atoms with van der Waals surface area (Å²) in [6, 6.07) is 10.2. The molecule has 2 aromatic heterocycles. The van der Waals surface area contributed by atoms with Gasteiger partial charge in [0.15, 0.2) is 0 Å². The van der Waals surface area contributed by atoms with Gasteiger partial charge in [-0.25, -0.2) is 4.98 Å². The summed E-state index contributed by atoms with van der Waals surface area (Å²) >= 11 is 1.51. The van der Waals surface area contributed by atoms with Crippen LogP contribution >= 0.6 is 11.3 Å². The number of carbonyl (C=O) groups excluding carboxylic acids is 3. The van der Waals surface area contributed by atoms with Gasteiger partial charge in [0.05, 0.1) is 24.1 Å². The van der Waals surface area contributed by atoms with Gasteiger partial charge >= 0.3 is 5.97 Å². The fourth-order valence-electron chi connectivity index (χ4n) is 2.52. The SMILES string of the molecule is COC(=O)CNC(=O)c1cccc(NC(=O)Cc2nc(-c3cccs3)oc2C)c1. The van der Waals surface area contributed by atoms with Crippen LogP contribution in [0.5, 0.6) is 0 Å². The number of rotatable bonds is 7. The first-order valence-electron chi connectivity index (χ1n) is 8.71. The molecule has 150 valence electrons. The van der Waals surface area contributed by atoms with E-state index in [1.165, 1.54) is 24.5 Å². The number of hydrogen-bond donors (Lipinski definition) is 2. The van der Waals surface area contributed by atoms with Crippen LogP contribution in [-0.4, -0.2) is 36.4 Å². The molecule has 2 N–H and O–H groups in total. The lowest BCUT2D eigenvalue weighted by Gasteiger charge is -2.07. The Hall–Kier alpha value is -3.46. The van der Waals surface area contributed by atoms with Crippen molar-refractivity contribution >= 4 is 34.8 Å². The van der Waals surface area contributed by atoms with E-state index in [1.807, 2.05) is 17.5 Å². The molecule has 0 aliphatic carbocycles. The summed E-state index contributed by atoms with van der Waals surface area (Å²) in [6.45, 7) is 1.53. The molecule has 0 aliphatic rings. The van der Waals surface area contributed by atoms with Gasteiger partial charge < -0.3 is 19.8 Å². The number of nitrogens with zero attached hydrogens (tertiary/aromatic N) is 1. The molecule has 8 nitrogen and oxygen atoms in total. The molecular formula is C20H19N3O5S. The van der Waals surface area contributed by atoms with Crippen molar-refractivity contribution in [3.05, 3.63) is 58.8 Å². The topological polar surface area (TPSA) is 111 Å². The van der Waals surface area contributed by atoms with Crippen LogP contribution in [0.2, 0.25) is 0 Å². The molecule has 2 amide bonds. The Morgan fingerprint density at radius 2 is 2.03 bits per heavy atom. The third-order valence-corrected chi connectivity index (χ3v) is 4.84. The molecule has 0 aliphatic heterocycles. The van der Waals surface area contributed by atoms with Gasteiger partial charge in [-0.1, -0.05) is 12.1 Å². The summed E-state index contributed by atoms with van der Waals surface area (Å²) < 4.78 is 10.1. The predicted octanol–water partition coefficient (Wildman–Crippen LogP) is 2.80. The highest BCUT2D eigenvalue weighted by molar-refractivity contribution is 7.13. The van der Waals surface area contributed by atoms with Gasteiger partial charge in [0.25, 0.3) is 5.91 Å². The van der Waals surface area contributed by atoms with Gasteiger partial charge in [0.1, 0.15) is 12.3 Å². The summed E-state index contributed by atoms with van der Waals surface area (Å²) in [5, 5.41) is 7.12. The Kier molecular flexibility index (Phi) is 6.40. The molecule has 2 heterocycles. The van der Waals surface area contributed by atoms with Crippen LogP contribution in [0.4, 0.5) is 5.69 Å². The third-order valence-electron chi connectivity index (χ3n) is 3.98. The van der Waals surface area contributed by atoms with Gasteiger partial charge in [-0.05, 0) is 36.6 Å². The van der Waals surface area contributed by atoms with E-state index in [0.717, 1.165) is 4.88 Å². The second-order valence-corrected chi connectivity index (χ2v) is 7.01. The van der Waals surface area contributed by atoms with Gasteiger partial charge in [-0.3, -0.25) is 14.4 Å². The van der Waals surface area contributed by atoms with Gasteiger partial charge in [0.2, 0.25) is 11.8 Å². The smallest absolute Gasteiger partial charge is 0.325 e. The third kappa shape index (κ3) is 5.29. The van der Waals surface area contributed by atoms with Crippen molar-refractivity contribution in [2.45, 2.75) is 13.3 Å². The van der Waals surface area contributed by atoms with E-state index in [9.17, 15) is 14.4 Å². The van der Waals surface area contributed by atoms with Crippen molar-refractivity contribution < 1.29 is 23.5 Å². The van der Waals surface area contributed by atoms with Crippen molar-refractivity contribution in [2.24, 2.45) is 0 Å². The maximum absolute atomic E-state index is 12.4.